The van der Waals surface area contributed by atoms with Crippen molar-refractivity contribution in [2.24, 2.45) is 0 Å². The summed E-state index contributed by atoms with van der Waals surface area (Å²) in [6.45, 7) is 4.20. The molecule has 21 heavy (non-hydrogen) atoms. The summed E-state index contributed by atoms with van der Waals surface area (Å²) in [7, 11) is 3.11. The summed E-state index contributed by atoms with van der Waals surface area (Å²) in [5.74, 6) is 0.699. The van der Waals surface area contributed by atoms with E-state index >= 15 is 0 Å². The normalized spacial score (nSPS) is 13.5. The molecule has 4 nitrogen and oxygen atoms in total. The first-order chi connectivity index (χ1) is 10.1. The number of esters is 1. The third-order valence-corrected chi connectivity index (χ3v) is 3.54. The Bertz CT molecular complexity index is 434. The largest absolute Gasteiger partial charge is 0.496 e. The average Bonchev–Trinajstić information content (AvgIpc) is 2.51. The number of carbonyl (C=O) groups is 1. The van der Waals surface area contributed by atoms with Crippen LogP contribution in [0.15, 0.2) is 24.3 Å². The quantitative estimate of drug-likeness (QED) is 0.711. The molecule has 0 saturated carbocycles. The number of nitrogens with one attached hydrogen (secondary N) is 1. The highest BCUT2D eigenvalue weighted by Gasteiger charge is 2.21. The highest BCUT2D eigenvalue weighted by Crippen LogP contribution is 2.19. The van der Waals surface area contributed by atoms with Gasteiger partial charge in [-0.15, -0.1) is 0 Å². The number of ether oxygens (including phenoxy) is 2. The molecule has 0 radical (unpaired) electrons. The molecule has 0 aliphatic rings. The molecule has 0 amide bonds. The van der Waals surface area contributed by atoms with Crippen LogP contribution in [0.25, 0.3) is 0 Å². The maximum atomic E-state index is 11.8. The van der Waals surface area contributed by atoms with E-state index in [2.05, 4.69) is 25.2 Å². The van der Waals surface area contributed by atoms with Crippen molar-refractivity contribution in [2.75, 3.05) is 14.2 Å². The molecule has 0 aliphatic carbocycles. The van der Waals surface area contributed by atoms with E-state index in [9.17, 15) is 4.79 Å². The minimum atomic E-state index is -0.236. The Balaban J connectivity index is 2.64. The first-order valence-electron chi connectivity index (χ1n) is 7.58. The molecule has 0 aliphatic heterocycles. The second-order valence-corrected chi connectivity index (χ2v) is 5.30. The van der Waals surface area contributed by atoms with Crippen molar-refractivity contribution in [3.8, 4) is 5.75 Å². The number of unbranched alkanes of at least 4 members (excludes halogenated alkanes) is 1. The number of rotatable bonds is 9. The van der Waals surface area contributed by atoms with Crippen LogP contribution in [0.4, 0.5) is 0 Å². The zero-order chi connectivity index (χ0) is 15.7. The molecule has 1 rings (SSSR count). The number of hydrogen-bond acceptors (Lipinski definition) is 4. The minimum absolute atomic E-state index is 0.169. The van der Waals surface area contributed by atoms with Gasteiger partial charge in [0.25, 0.3) is 0 Å². The van der Waals surface area contributed by atoms with Crippen molar-refractivity contribution in [1.29, 1.82) is 0 Å². The van der Waals surface area contributed by atoms with E-state index in [0.717, 1.165) is 37.0 Å². The van der Waals surface area contributed by atoms with E-state index in [4.69, 9.17) is 9.47 Å². The van der Waals surface area contributed by atoms with Crippen molar-refractivity contribution in [3.63, 3.8) is 0 Å². The SMILES string of the molecule is CCCC[C@H](N[C@@H](C)Cc1ccccc1OC)C(=O)OC. The summed E-state index contributed by atoms with van der Waals surface area (Å²) in [6.07, 6.45) is 3.69. The van der Waals surface area contributed by atoms with E-state index in [1.54, 1.807) is 7.11 Å². The lowest BCUT2D eigenvalue weighted by atomic mass is 10.0. The summed E-state index contributed by atoms with van der Waals surface area (Å²) in [5.41, 5.74) is 1.14. The monoisotopic (exact) mass is 293 g/mol. The third kappa shape index (κ3) is 5.76. The topological polar surface area (TPSA) is 47.6 Å². The first kappa shape index (κ1) is 17.5. The molecule has 0 heterocycles. The standard InChI is InChI=1S/C17H27NO3/c1-5-6-10-15(17(19)21-4)18-13(2)12-14-9-7-8-11-16(14)20-3/h7-9,11,13,15,18H,5-6,10,12H2,1-4H3/t13-,15-/m0/s1. The van der Waals surface area contributed by atoms with Crippen molar-refractivity contribution in [2.45, 2.75) is 51.6 Å². The number of hydrogen-bond donors (Lipinski definition) is 1. The van der Waals surface area contributed by atoms with Crippen LogP contribution in [0.1, 0.15) is 38.7 Å². The van der Waals surface area contributed by atoms with Gasteiger partial charge < -0.3 is 14.8 Å². The summed E-state index contributed by atoms with van der Waals surface area (Å²) in [6, 6.07) is 7.90. The third-order valence-electron chi connectivity index (χ3n) is 3.54. The Morgan fingerprint density at radius 3 is 2.62 bits per heavy atom. The molecule has 0 fully saturated rings. The number of carbonyl (C=O) groups excluding carboxylic acids is 1. The Labute approximate surface area is 127 Å². The molecule has 0 unspecified atom stereocenters. The van der Waals surface area contributed by atoms with Crippen molar-refractivity contribution in [3.05, 3.63) is 29.8 Å². The minimum Gasteiger partial charge on any atom is -0.496 e. The first-order valence-corrected chi connectivity index (χ1v) is 7.58. The van der Waals surface area contributed by atoms with E-state index in [-0.39, 0.29) is 18.1 Å². The highest BCUT2D eigenvalue weighted by molar-refractivity contribution is 5.75. The summed E-state index contributed by atoms with van der Waals surface area (Å²) in [5, 5.41) is 3.37. The molecule has 118 valence electrons. The van der Waals surface area contributed by atoms with Gasteiger partial charge in [-0.05, 0) is 31.4 Å². The van der Waals surface area contributed by atoms with Gasteiger partial charge in [0, 0.05) is 6.04 Å². The molecule has 1 aromatic rings. The molecule has 0 saturated heterocycles. The molecular weight excluding hydrogens is 266 g/mol. The summed E-state index contributed by atoms with van der Waals surface area (Å²) >= 11 is 0. The summed E-state index contributed by atoms with van der Waals surface area (Å²) < 4.78 is 10.2. The van der Waals surface area contributed by atoms with Gasteiger partial charge in [-0.2, -0.15) is 0 Å². The second-order valence-electron chi connectivity index (χ2n) is 5.30. The summed E-state index contributed by atoms with van der Waals surface area (Å²) in [4.78, 5) is 11.8. The molecule has 1 aromatic carbocycles. The van der Waals surface area contributed by atoms with Crippen LogP contribution in [0, 0.1) is 0 Å². The smallest absolute Gasteiger partial charge is 0.322 e. The van der Waals surface area contributed by atoms with Gasteiger partial charge in [-0.25, -0.2) is 0 Å². The maximum Gasteiger partial charge on any atom is 0.322 e. The second kappa shape index (κ2) is 9.40. The van der Waals surface area contributed by atoms with E-state index in [0.29, 0.717) is 0 Å². The van der Waals surface area contributed by atoms with Crippen molar-refractivity contribution < 1.29 is 14.3 Å². The lowest BCUT2D eigenvalue weighted by Gasteiger charge is -2.22. The number of para-hydroxylation sites is 1. The van der Waals surface area contributed by atoms with Gasteiger partial charge in [0.15, 0.2) is 0 Å². The van der Waals surface area contributed by atoms with Crippen LogP contribution in [0.3, 0.4) is 0 Å². The lowest BCUT2D eigenvalue weighted by Crippen LogP contribution is -2.43. The zero-order valence-corrected chi connectivity index (χ0v) is 13.5. The fraction of sp³-hybridized carbons (Fsp3) is 0.588. The Hall–Kier alpha value is -1.55. The van der Waals surface area contributed by atoms with Crippen LogP contribution in [0.2, 0.25) is 0 Å². The zero-order valence-electron chi connectivity index (χ0n) is 13.5. The Morgan fingerprint density at radius 2 is 2.00 bits per heavy atom. The highest BCUT2D eigenvalue weighted by atomic mass is 16.5. The molecule has 2 atom stereocenters. The Morgan fingerprint density at radius 1 is 1.29 bits per heavy atom. The fourth-order valence-electron chi connectivity index (χ4n) is 2.42. The van der Waals surface area contributed by atoms with Crippen LogP contribution in [0.5, 0.6) is 5.75 Å². The number of benzene rings is 1. The molecular formula is C17H27NO3. The van der Waals surface area contributed by atoms with Gasteiger partial charge >= 0.3 is 5.97 Å². The van der Waals surface area contributed by atoms with Crippen molar-refractivity contribution in [1.82, 2.24) is 5.32 Å². The molecule has 1 N–H and O–H groups in total. The van der Waals surface area contributed by atoms with Crippen LogP contribution in [-0.4, -0.2) is 32.3 Å². The molecule has 0 bridgehead atoms. The van der Waals surface area contributed by atoms with Gasteiger partial charge in [0.1, 0.15) is 11.8 Å². The van der Waals surface area contributed by atoms with Crippen LogP contribution in [-0.2, 0) is 16.0 Å². The molecule has 0 aromatic heterocycles. The van der Waals surface area contributed by atoms with Gasteiger partial charge in [0.2, 0.25) is 0 Å². The lowest BCUT2D eigenvalue weighted by molar-refractivity contribution is -0.143. The predicted molar refractivity (Wildman–Crippen MR) is 84.6 cm³/mol. The molecule has 0 spiro atoms. The predicted octanol–water partition coefficient (Wildman–Crippen LogP) is 2.95. The van der Waals surface area contributed by atoms with Crippen LogP contribution < -0.4 is 10.1 Å². The average molecular weight is 293 g/mol. The Kier molecular flexibility index (Phi) is 7.83. The van der Waals surface area contributed by atoms with Crippen LogP contribution >= 0.6 is 0 Å². The number of methoxy groups -OCH3 is 2. The fourth-order valence-corrected chi connectivity index (χ4v) is 2.42. The van der Waals surface area contributed by atoms with E-state index in [1.807, 2.05) is 18.2 Å². The van der Waals surface area contributed by atoms with Crippen molar-refractivity contribution >= 4 is 5.97 Å². The van der Waals surface area contributed by atoms with Gasteiger partial charge in [-0.3, -0.25) is 4.79 Å². The maximum absolute atomic E-state index is 11.8. The van der Waals surface area contributed by atoms with Gasteiger partial charge in [-0.1, -0.05) is 38.0 Å². The van der Waals surface area contributed by atoms with E-state index in [1.165, 1.54) is 7.11 Å². The molecule has 4 heteroatoms. The van der Waals surface area contributed by atoms with E-state index < -0.39 is 0 Å². The van der Waals surface area contributed by atoms with Gasteiger partial charge in [0.05, 0.1) is 14.2 Å².